The Morgan fingerprint density at radius 1 is 1.23 bits per heavy atom. The number of carbonyl (C=O) groups excluding carboxylic acids is 1. The Morgan fingerprint density at radius 2 is 1.94 bits per heavy atom. The van der Waals surface area contributed by atoms with Crippen molar-refractivity contribution in [2.24, 2.45) is 5.73 Å². The van der Waals surface area contributed by atoms with E-state index in [9.17, 15) is 9.90 Å². The first-order valence-electron chi connectivity index (χ1n) is 10.7. The molecule has 4 rings (SSSR count). The second-order valence-corrected chi connectivity index (χ2v) is 8.23. The molecule has 0 radical (unpaired) electrons. The zero-order valence-electron chi connectivity index (χ0n) is 17.9. The highest BCUT2D eigenvalue weighted by Crippen LogP contribution is 2.32. The maximum Gasteiger partial charge on any atom is 0.249 e. The van der Waals surface area contributed by atoms with Crippen LogP contribution in [0.1, 0.15) is 47.9 Å². The van der Waals surface area contributed by atoms with E-state index >= 15 is 0 Å². The van der Waals surface area contributed by atoms with Gasteiger partial charge >= 0.3 is 0 Å². The summed E-state index contributed by atoms with van der Waals surface area (Å²) in [6.45, 7) is 4.47. The molecule has 1 aromatic heterocycles. The highest BCUT2D eigenvalue weighted by Gasteiger charge is 2.34. The van der Waals surface area contributed by atoms with Gasteiger partial charge in [0.2, 0.25) is 17.6 Å². The average Bonchev–Trinajstić information content (AvgIpc) is 3.26. The van der Waals surface area contributed by atoms with Crippen molar-refractivity contribution in [3.05, 3.63) is 65.0 Å². The summed E-state index contributed by atoms with van der Waals surface area (Å²) in [6, 6.07) is 12.1. The fraction of sp³-hybridized carbons (Fsp3) is 0.375. The van der Waals surface area contributed by atoms with Gasteiger partial charge in [0, 0.05) is 12.1 Å². The number of phenolic OH excluding ortho intramolecular Hbond substituents is 1. The number of carbonyl (C=O) groups is 1. The van der Waals surface area contributed by atoms with Gasteiger partial charge in [0.25, 0.3) is 0 Å². The molecule has 0 bridgehead atoms. The van der Waals surface area contributed by atoms with E-state index < -0.39 is 6.04 Å². The molecule has 3 aromatic rings. The number of aromatic nitrogens is 2. The van der Waals surface area contributed by atoms with Crippen LogP contribution in [0.15, 0.2) is 47.0 Å². The Labute approximate surface area is 181 Å². The third-order valence-electron chi connectivity index (χ3n) is 5.97. The van der Waals surface area contributed by atoms with Gasteiger partial charge in [-0.2, -0.15) is 4.98 Å². The fourth-order valence-corrected chi connectivity index (χ4v) is 4.34. The Morgan fingerprint density at radius 3 is 2.65 bits per heavy atom. The first kappa shape index (κ1) is 21.1. The van der Waals surface area contributed by atoms with Crippen LogP contribution < -0.4 is 5.73 Å². The number of aryl methyl sites for hydroxylation is 2. The Hall–Kier alpha value is -3.19. The molecule has 2 heterocycles. The third kappa shape index (κ3) is 4.46. The lowest BCUT2D eigenvalue weighted by Crippen LogP contribution is -2.48. The van der Waals surface area contributed by atoms with E-state index in [0.29, 0.717) is 24.7 Å². The molecule has 0 spiro atoms. The number of nitrogens with zero attached hydrogens (tertiary/aromatic N) is 3. The number of amides is 1. The molecule has 2 atom stereocenters. The van der Waals surface area contributed by atoms with Crippen LogP contribution in [0.4, 0.5) is 0 Å². The van der Waals surface area contributed by atoms with Crippen molar-refractivity contribution in [2.45, 2.75) is 51.6 Å². The SMILES string of the molecule is Cc1cc(O)cc(C)c1C[C@H](N)C(=O)N1CCCC[C@H]1c1nc(-c2ccccc2)no1. The zero-order chi connectivity index (χ0) is 22.0. The molecule has 1 amide bonds. The van der Waals surface area contributed by atoms with Crippen molar-refractivity contribution >= 4 is 5.91 Å². The maximum atomic E-state index is 13.3. The van der Waals surface area contributed by atoms with Crippen molar-refractivity contribution in [3.63, 3.8) is 0 Å². The number of likely N-dealkylation sites (tertiary alicyclic amines) is 1. The number of nitrogens with two attached hydrogens (primary N) is 1. The van der Waals surface area contributed by atoms with Crippen molar-refractivity contribution < 1.29 is 14.4 Å². The summed E-state index contributed by atoms with van der Waals surface area (Å²) in [6.07, 6.45) is 3.10. The van der Waals surface area contributed by atoms with Gasteiger partial charge in [-0.1, -0.05) is 35.5 Å². The van der Waals surface area contributed by atoms with E-state index in [0.717, 1.165) is 41.5 Å². The minimum Gasteiger partial charge on any atom is -0.508 e. The molecule has 1 saturated heterocycles. The van der Waals surface area contributed by atoms with Crippen LogP contribution in [-0.2, 0) is 11.2 Å². The first-order chi connectivity index (χ1) is 14.9. The predicted molar refractivity (Wildman–Crippen MR) is 117 cm³/mol. The molecule has 31 heavy (non-hydrogen) atoms. The van der Waals surface area contributed by atoms with Crippen LogP contribution in [0.25, 0.3) is 11.4 Å². The van der Waals surface area contributed by atoms with Gasteiger partial charge in [-0.25, -0.2) is 0 Å². The highest BCUT2D eigenvalue weighted by atomic mass is 16.5. The van der Waals surface area contributed by atoms with Crippen LogP contribution in [0, 0.1) is 13.8 Å². The molecular weight excluding hydrogens is 392 g/mol. The molecule has 7 heteroatoms. The molecule has 7 nitrogen and oxygen atoms in total. The molecule has 1 fully saturated rings. The van der Waals surface area contributed by atoms with Gasteiger partial charge in [0.15, 0.2) is 0 Å². The van der Waals surface area contributed by atoms with Crippen LogP contribution in [-0.4, -0.2) is 38.6 Å². The monoisotopic (exact) mass is 420 g/mol. The number of hydrogen-bond acceptors (Lipinski definition) is 6. The summed E-state index contributed by atoms with van der Waals surface area (Å²) in [4.78, 5) is 19.7. The van der Waals surface area contributed by atoms with Crippen molar-refractivity contribution in [2.75, 3.05) is 6.54 Å². The summed E-state index contributed by atoms with van der Waals surface area (Å²) in [5.74, 6) is 1.08. The summed E-state index contributed by atoms with van der Waals surface area (Å²) < 4.78 is 5.56. The fourth-order valence-electron chi connectivity index (χ4n) is 4.34. The van der Waals surface area contributed by atoms with E-state index in [1.807, 2.05) is 44.2 Å². The lowest BCUT2D eigenvalue weighted by molar-refractivity contribution is -0.137. The number of phenols is 1. The second kappa shape index (κ2) is 8.89. The predicted octanol–water partition coefficient (Wildman–Crippen LogP) is 3.68. The number of aromatic hydroxyl groups is 1. The summed E-state index contributed by atoms with van der Waals surface area (Å²) in [7, 11) is 0. The highest BCUT2D eigenvalue weighted by molar-refractivity contribution is 5.82. The van der Waals surface area contributed by atoms with E-state index in [1.165, 1.54) is 0 Å². The Kier molecular flexibility index (Phi) is 6.04. The molecule has 0 unspecified atom stereocenters. The number of piperidine rings is 1. The molecule has 1 aliphatic heterocycles. The number of rotatable bonds is 5. The Balaban J connectivity index is 1.53. The largest absolute Gasteiger partial charge is 0.508 e. The zero-order valence-corrected chi connectivity index (χ0v) is 17.9. The minimum absolute atomic E-state index is 0.115. The molecule has 162 valence electrons. The van der Waals surface area contributed by atoms with Crippen LogP contribution in [0.2, 0.25) is 0 Å². The first-order valence-corrected chi connectivity index (χ1v) is 10.7. The number of benzene rings is 2. The van der Waals surface area contributed by atoms with Crippen LogP contribution >= 0.6 is 0 Å². The van der Waals surface area contributed by atoms with E-state index in [-0.39, 0.29) is 17.7 Å². The van der Waals surface area contributed by atoms with Gasteiger partial charge in [0.05, 0.1) is 6.04 Å². The lowest BCUT2D eigenvalue weighted by atomic mass is 9.94. The molecule has 0 saturated carbocycles. The molecule has 3 N–H and O–H groups in total. The van der Waals surface area contributed by atoms with E-state index in [1.54, 1.807) is 17.0 Å². The van der Waals surface area contributed by atoms with E-state index in [2.05, 4.69) is 10.1 Å². The van der Waals surface area contributed by atoms with Gasteiger partial charge in [-0.05, 0) is 68.4 Å². The maximum absolute atomic E-state index is 13.3. The molecule has 2 aromatic carbocycles. The summed E-state index contributed by atoms with van der Waals surface area (Å²) in [5.41, 5.74) is 10.1. The van der Waals surface area contributed by atoms with Gasteiger partial charge < -0.3 is 20.3 Å². The van der Waals surface area contributed by atoms with Gasteiger partial charge in [0.1, 0.15) is 11.8 Å². The van der Waals surface area contributed by atoms with E-state index in [4.69, 9.17) is 10.3 Å². The lowest BCUT2D eigenvalue weighted by Gasteiger charge is -2.35. The van der Waals surface area contributed by atoms with Crippen molar-refractivity contribution in [1.82, 2.24) is 15.0 Å². The Bertz CT molecular complexity index is 1040. The molecule has 1 aliphatic rings. The van der Waals surface area contributed by atoms with Crippen LogP contribution in [0.5, 0.6) is 5.75 Å². The number of hydrogen-bond donors (Lipinski definition) is 2. The topological polar surface area (TPSA) is 105 Å². The van der Waals surface area contributed by atoms with Gasteiger partial charge in [-0.3, -0.25) is 4.79 Å². The normalized spacial score (nSPS) is 17.5. The second-order valence-electron chi connectivity index (χ2n) is 8.23. The molecule has 0 aliphatic carbocycles. The smallest absolute Gasteiger partial charge is 0.249 e. The van der Waals surface area contributed by atoms with Gasteiger partial charge in [-0.15, -0.1) is 0 Å². The summed E-state index contributed by atoms with van der Waals surface area (Å²) in [5, 5.41) is 13.9. The summed E-state index contributed by atoms with van der Waals surface area (Å²) >= 11 is 0. The van der Waals surface area contributed by atoms with Crippen molar-refractivity contribution in [3.8, 4) is 17.1 Å². The molecular formula is C24H28N4O3. The standard InChI is InChI=1S/C24H28N4O3/c1-15-12-18(29)13-16(2)19(15)14-20(25)24(30)28-11-7-6-10-21(28)23-26-22(27-31-23)17-8-4-3-5-9-17/h3-5,8-9,12-13,20-21,29H,6-7,10-11,14,25H2,1-2H3/t20-,21-/m0/s1. The average molecular weight is 421 g/mol. The third-order valence-corrected chi connectivity index (χ3v) is 5.97. The quantitative estimate of drug-likeness (QED) is 0.652. The van der Waals surface area contributed by atoms with Crippen molar-refractivity contribution in [1.29, 1.82) is 0 Å². The minimum atomic E-state index is -0.681. The van der Waals surface area contributed by atoms with Crippen LogP contribution in [0.3, 0.4) is 0 Å².